The largest absolute Gasteiger partial charge is 0.378 e. The van der Waals surface area contributed by atoms with E-state index in [1.54, 1.807) is 10.9 Å². The van der Waals surface area contributed by atoms with Crippen LogP contribution in [-0.4, -0.2) is 46.1 Å². The molecule has 1 aromatic carbocycles. The Morgan fingerprint density at radius 2 is 2.00 bits per heavy atom. The van der Waals surface area contributed by atoms with Crippen LogP contribution in [0.15, 0.2) is 30.5 Å². The van der Waals surface area contributed by atoms with Gasteiger partial charge in [0.2, 0.25) is 5.95 Å². The van der Waals surface area contributed by atoms with Crippen molar-refractivity contribution in [1.29, 1.82) is 0 Å². The van der Waals surface area contributed by atoms with E-state index in [1.165, 1.54) is 0 Å². The Morgan fingerprint density at radius 1 is 1.17 bits per heavy atom. The molecule has 0 unspecified atom stereocenters. The van der Waals surface area contributed by atoms with Crippen molar-refractivity contribution >= 4 is 28.5 Å². The summed E-state index contributed by atoms with van der Waals surface area (Å²) in [6, 6.07) is 7.97. The molecule has 0 atom stereocenters. The first-order valence-electron chi connectivity index (χ1n) is 7.51. The van der Waals surface area contributed by atoms with Crippen molar-refractivity contribution in [2.24, 2.45) is 7.05 Å². The van der Waals surface area contributed by atoms with Crippen molar-refractivity contribution < 1.29 is 4.74 Å². The van der Waals surface area contributed by atoms with Gasteiger partial charge >= 0.3 is 0 Å². The van der Waals surface area contributed by atoms with Gasteiger partial charge in [-0.15, -0.1) is 0 Å². The summed E-state index contributed by atoms with van der Waals surface area (Å²) in [5, 5.41) is 5.71. The lowest BCUT2D eigenvalue weighted by atomic mass is 10.1. The van der Waals surface area contributed by atoms with E-state index in [2.05, 4.69) is 21.0 Å². The Morgan fingerprint density at radius 3 is 2.83 bits per heavy atom. The maximum Gasteiger partial charge on any atom is 0.226 e. The first-order valence-corrected chi connectivity index (χ1v) is 7.88. The lowest BCUT2D eigenvalue weighted by Crippen LogP contribution is -2.37. The van der Waals surface area contributed by atoms with Crippen LogP contribution in [0.3, 0.4) is 0 Å². The first kappa shape index (κ1) is 14.4. The van der Waals surface area contributed by atoms with Gasteiger partial charge in [-0.1, -0.05) is 17.7 Å². The minimum atomic E-state index is 0.519. The number of rotatable bonds is 2. The fraction of sp³-hybridized carbons (Fsp3) is 0.312. The van der Waals surface area contributed by atoms with E-state index < -0.39 is 0 Å². The summed E-state index contributed by atoms with van der Waals surface area (Å²) in [6.07, 6.45) is 1.80. The molecule has 0 amide bonds. The fourth-order valence-corrected chi connectivity index (χ4v) is 3.07. The number of hydrogen-bond acceptors (Lipinski definition) is 5. The molecule has 1 aliphatic rings. The van der Waals surface area contributed by atoms with E-state index >= 15 is 0 Å². The van der Waals surface area contributed by atoms with E-state index in [1.807, 2.05) is 25.2 Å². The maximum absolute atomic E-state index is 6.13. The van der Waals surface area contributed by atoms with Gasteiger partial charge in [-0.2, -0.15) is 5.10 Å². The molecule has 1 fully saturated rings. The second-order valence-electron chi connectivity index (χ2n) is 5.49. The van der Waals surface area contributed by atoms with Crippen LogP contribution in [-0.2, 0) is 11.8 Å². The van der Waals surface area contributed by atoms with Gasteiger partial charge in [-0.3, -0.25) is 4.68 Å². The van der Waals surface area contributed by atoms with E-state index in [0.29, 0.717) is 18.4 Å². The highest BCUT2D eigenvalue weighted by atomic mass is 35.5. The quantitative estimate of drug-likeness (QED) is 0.723. The zero-order valence-corrected chi connectivity index (χ0v) is 13.5. The lowest BCUT2D eigenvalue weighted by molar-refractivity contribution is 0.122. The van der Waals surface area contributed by atoms with Crippen molar-refractivity contribution in [2.75, 3.05) is 31.2 Å². The number of anilines is 1. The summed E-state index contributed by atoms with van der Waals surface area (Å²) in [4.78, 5) is 11.2. The van der Waals surface area contributed by atoms with Gasteiger partial charge in [0.05, 0.1) is 24.4 Å². The van der Waals surface area contributed by atoms with Crippen LogP contribution < -0.4 is 4.90 Å². The van der Waals surface area contributed by atoms with Crippen LogP contribution in [0, 0.1) is 0 Å². The second kappa shape index (κ2) is 5.79. The molecule has 118 valence electrons. The molecular formula is C16H16ClN5O. The Labute approximate surface area is 138 Å². The van der Waals surface area contributed by atoms with Gasteiger partial charge in [0.15, 0.2) is 5.15 Å². The van der Waals surface area contributed by atoms with Gasteiger partial charge in [0.1, 0.15) is 0 Å². The van der Waals surface area contributed by atoms with Gasteiger partial charge in [-0.05, 0) is 18.2 Å². The third kappa shape index (κ3) is 2.64. The Bertz CT molecular complexity index is 857. The van der Waals surface area contributed by atoms with Gasteiger partial charge in [0.25, 0.3) is 0 Å². The maximum atomic E-state index is 6.13. The summed E-state index contributed by atoms with van der Waals surface area (Å²) in [7, 11) is 1.89. The molecule has 7 heteroatoms. The third-order valence-corrected chi connectivity index (χ3v) is 4.32. The second-order valence-corrected chi connectivity index (χ2v) is 5.85. The van der Waals surface area contributed by atoms with Crippen LogP contribution in [0.5, 0.6) is 0 Å². The highest BCUT2D eigenvalue weighted by molar-refractivity contribution is 6.34. The Hall–Kier alpha value is -2.18. The molecule has 23 heavy (non-hydrogen) atoms. The predicted molar refractivity (Wildman–Crippen MR) is 89.8 cm³/mol. The molecule has 4 rings (SSSR count). The fourth-order valence-electron chi connectivity index (χ4n) is 2.80. The van der Waals surface area contributed by atoms with Gasteiger partial charge < -0.3 is 9.64 Å². The zero-order valence-electron chi connectivity index (χ0n) is 12.7. The van der Waals surface area contributed by atoms with Crippen molar-refractivity contribution in [3.05, 3.63) is 35.6 Å². The van der Waals surface area contributed by atoms with Crippen molar-refractivity contribution in [3.8, 4) is 11.3 Å². The zero-order chi connectivity index (χ0) is 15.8. The predicted octanol–water partition coefficient (Wildman–Crippen LogP) is 2.52. The van der Waals surface area contributed by atoms with E-state index in [0.717, 1.165) is 41.2 Å². The van der Waals surface area contributed by atoms with Crippen molar-refractivity contribution in [3.63, 3.8) is 0 Å². The molecule has 0 radical (unpaired) electrons. The SMILES string of the molecule is Cn1nc(Cl)c2ccc(-c3ccnc(N4CCOCC4)n3)cc21. The van der Waals surface area contributed by atoms with Crippen LogP contribution in [0.2, 0.25) is 5.15 Å². The summed E-state index contributed by atoms with van der Waals surface area (Å²) in [5.41, 5.74) is 2.90. The molecule has 6 nitrogen and oxygen atoms in total. The number of benzene rings is 1. The molecule has 0 aliphatic carbocycles. The lowest BCUT2D eigenvalue weighted by Gasteiger charge is -2.26. The number of hydrogen-bond donors (Lipinski definition) is 0. The van der Waals surface area contributed by atoms with Crippen LogP contribution in [0.1, 0.15) is 0 Å². The molecule has 3 heterocycles. The molecule has 0 spiro atoms. The first-order chi connectivity index (χ1) is 11.2. The number of morpholine rings is 1. The molecule has 0 saturated carbocycles. The third-order valence-electron chi connectivity index (χ3n) is 4.04. The number of aryl methyl sites for hydroxylation is 1. The molecular weight excluding hydrogens is 314 g/mol. The van der Waals surface area contributed by atoms with E-state index in [-0.39, 0.29) is 0 Å². The van der Waals surface area contributed by atoms with Crippen molar-refractivity contribution in [1.82, 2.24) is 19.7 Å². The molecule has 1 saturated heterocycles. The topological polar surface area (TPSA) is 56.1 Å². The number of nitrogens with zero attached hydrogens (tertiary/aromatic N) is 5. The molecule has 3 aromatic rings. The van der Waals surface area contributed by atoms with Crippen molar-refractivity contribution in [2.45, 2.75) is 0 Å². The number of fused-ring (bicyclic) bond motifs is 1. The summed E-state index contributed by atoms with van der Waals surface area (Å²) in [5.74, 6) is 0.744. The Balaban J connectivity index is 1.74. The van der Waals surface area contributed by atoms with Crippen LogP contribution >= 0.6 is 11.6 Å². The van der Waals surface area contributed by atoms with Crippen LogP contribution in [0.25, 0.3) is 22.2 Å². The minimum Gasteiger partial charge on any atom is -0.378 e. The molecule has 1 aliphatic heterocycles. The van der Waals surface area contributed by atoms with E-state index in [4.69, 9.17) is 21.3 Å². The standard InChI is InChI=1S/C16H16ClN5O/c1-21-14-10-11(2-3-12(14)15(17)20-21)13-4-5-18-16(19-13)22-6-8-23-9-7-22/h2-5,10H,6-9H2,1H3. The molecule has 0 bridgehead atoms. The number of halogens is 1. The normalized spacial score (nSPS) is 15.3. The smallest absolute Gasteiger partial charge is 0.226 e. The number of ether oxygens (including phenoxy) is 1. The number of aromatic nitrogens is 4. The molecule has 0 N–H and O–H groups in total. The highest BCUT2D eigenvalue weighted by Gasteiger charge is 2.15. The summed E-state index contributed by atoms with van der Waals surface area (Å²) >= 11 is 6.13. The average molecular weight is 330 g/mol. The Kier molecular flexibility index (Phi) is 3.63. The minimum absolute atomic E-state index is 0.519. The monoisotopic (exact) mass is 329 g/mol. The molecule has 2 aromatic heterocycles. The van der Waals surface area contributed by atoms with Crippen LogP contribution in [0.4, 0.5) is 5.95 Å². The van der Waals surface area contributed by atoms with Gasteiger partial charge in [0, 0.05) is 37.3 Å². The average Bonchev–Trinajstić information content (AvgIpc) is 2.90. The highest BCUT2D eigenvalue weighted by Crippen LogP contribution is 2.27. The van der Waals surface area contributed by atoms with Gasteiger partial charge in [-0.25, -0.2) is 9.97 Å². The van der Waals surface area contributed by atoms with E-state index in [9.17, 15) is 0 Å². The summed E-state index contributed by atoms with van der Waals surface area (Å²) in [6.45, 7) is 3.07. The summed E-state index contributed by atoms with van der Waals surface area (Å²) < 4.78 is 7.16.